The Labute approximate surface area is 167 Å². The summed E-state index contributed by atoms with van der Waals surface area (Å²) >= 11 is 0. The van der Waals surface area contributed by atoms with E-state index in [0.717, 1.165) is 24.3 Å². The molecule has 0 spiro atoms. The van der Waals surface area contributed by atoms with E-state index in [9.17, 15) is 22.4 Å². The average molecular weight is 419 g/mol. The predicted molar refractivity (Wildman–Crippen MR) is 102 cm³/mol. The third-order valence-electron chi connectivity index (χ3n) is 3.73. The molecule has 10 heteroatoms. The minimum atomic E-state index is -4.08. The Morgan fingerprint density at radius 2 is 1.79 bits per heavy atom. The van der Waals surface area contributed by atoms with Crippen LogP contribution in [-0.4, -0.2) is 32.4 Å². The van der Waals surface area contributed by atoms with Crippen molar-refractivity contribution in [2.75, 3.05) is 5.32 Å². The number of nitriles is 1. The standard InChI is InChI=1S/C19H18FN3O5S/c1-12(23-29(26,27)17-8-6-15(20)7-9-17)19(25)28-13(2)18(24)22-16-5-3-4-14(10-16)11-21/h3-10,12-13,23H,1-2H3,(H,22,24)/t12-,13+/m1/s1. The Morgan fingerprint density at radius 1 is 1.14 bits per heavy atom. The third-order valence-corrected chi connectivity index (χ3v) is 5.29. The van der Waals surface area contributed by atoms with Crippen molar-refractivity contribution >= 4 is 27.6 Å². The van der Waals surface area contributed by atoms with Crippen LogP contribution < -0.4 is 10.0 Å². The fraction of sp³-hybridized carbons (Fsp3) is 0.211. The van der Waals surface area contributed by atoms with Gasteiger partial charge in [0.2, 0.25) is 10.0 Å². The van der Waals surface area contributed by atoms with Gasteiger partial charge in [-0.25, -0.2) is 12.8 Å². The Bertz CT molecular complexity index is 1050. The number of nitrogens with zero attached hydrogens (tertiary/aromatic N) is 1. The molecule has 0 bridgehead atoms. The molecular weight excluding hydrogens is 401 g/mol. The lowest BCUT2D eigenvalue weighted by Crippen LogP contribution is -2.42. The number of ether oxygens (including phenoxy) is 1. The zero-order valence-electron chi connectivity index (χ0n) is 15.5. The molecule has 29 heavy (non-hydrogen) atoms. The molecule has 0 fully saturated rings. The maximum atomic E-state index is 12.9. The van der Waals surface area contributed by atoms with Crippen molar-refractivity contribution in [1.29, 1.82) is 5.26 Å². The molecule has 0 aliphatic rings. The van der Waals surface area contributed by atoms with Crippen molar-refractivity contribution in [2.24, 2.45) is 0 Å². The number of carbonyl (C=O) groups excluding carboxylic acids is 2. The summed E-state index contributed by atoms with van der Waals surface area (Å²) in [5.74, 6) is -2.22. The topological polar surface area (TPSA) is 125 Å². The number of esters is 1. The lowest BCUT2D eigenvalue weighted by atomic mass is 10.2. The monoisotopic (exact) mass is 419 g/mol. The van der Waals surface area contributed by atoms with E-state index in [0.29, 0.717) is 11.3 Å². The largest absolute Gasteiger partial charge is 0.451 e. The number of nitrogens with one attached hydrogen (secondary N) is 2. The first kappa shape index (κ1) is 22.0. The smallest absolute Gasteiger partial charge is 0.324 e. The fourth-order valence-electron chi connectivity index (χ4n) is 2.20. The molecule has 2 rings (SSSR count). The highest BCUT2D eigenvalue weighted by Gasteiger charge is 2.26. The van der Waals surface area contributed by atoms with Crippen molar-refractivity contribution in [3.05, 3.63) is 59.9 Å². The number of amides is 1. The number of carbonyl (C=O) groups is 2. The van der Waals surface area contributed by atoms with Crippen molar-refractivity contribution in [3.8, 4) is 6.07 Å². The van der Waals surface area contributed by atoms with Gasteiger partial charge in [0.25, 0.3) is 5.91 Å². The van der Waals surface area contributed by atoms with E-state index in [1.807, 2.05) is 6.07 Å². The normalized spacial score (nSPS) is 13.0. The maximum Gasteiger partial charge on any atom is 0.324 e. The Hall–Kier alpha value is -3.29. The second-order valence-corrected chi connectivity index (χ2v) is 7.77. The van der Waals surface area contributed by atoms with E-state index in [2.05, 4.69) is 10.0 Å². The van der Waals surface area contributed by atoms with Gasteiger partial charge in [-0.2, -0.15) is 9.98 Å². The SMILES string of the molecule is C[C@H](OC(=O)[C@@H](C)NS(=O)(=O)c1ccc(F)cc1)C(=O)Nc1cccc(C#N)c1. The number of halogens is 1. The highest BCUT2D eigenvalue weighted by molar-refractivity contribution is 7.89. The van der Waals surface area contributed by atoms with E-state index in [4.69, 9.17) is 10.00 Å². The number of benzene rings is 2. The van der Waals surface area contributed by atoms with Crippen LogP contribution in [0.15, 0.2) is 53.4 Å². The van der Waals surface area contributed by atoms with Crippen LogP contribution in [0, 0.1) is 17.1 Å². The summed E-state index contributed by atoms with van der Waals surface area (Å²) in [5, 5.41) is 11.4. The van der Waals surface area contributed by atoms with Gasteiger partial charge in [0.05, 0.1) is 16.5 Å². The predicted octanol–water partition coefficient (Wildman–Crippen LogP) is 1.93. The van der Waals surface area contributed by atoms with E-state index in [1.165, 1.54) is 19.9 Å². The van der Waals surface area contributed by atoms with Gasteiger partial charge in [-0.05, 0) is 56.3 Å². The Kier molecular flexibility index (Phi) is 7.03. The molecule has 2 N–H and O–H groups in total. The maximum absolute atomic E-state index is 12.9. The Balaban J connectivity index is 1.96. The van der Waals surface area contributed by atoms with Crippen molar-refractivity contribution < 1.29 is 27.1 Å². The minimum absolute atomic E-state index is 0.221. The van der Waals surface area contributed by atoms with Crippen LogP contribution in [0.25, 0.3) is 0 Å². The van der Waals surface area contributed by atoms with Crippen LogP contribution in [0.2, 0.25) is 0 Å². The van der Waals surface area contributed by atoms with Crippen LogP contribution >= 0.6 is 0 Å². The second kappa shape index (κ2) is 9.27. The molecule has 2 aromatic carbocycles. The zero-order chi connectivity index (χ0) is 21.6. The highest BCUT2D eigenvalue weighted by atomic mass is 32.2. The first-order valence-electron chi connectivity index (χ1n) is 8.42. The molecule has 0 aromatic heterocycles. The average Bonchev–Trinajstić information content (AvgIpc) is 2.67. The van der Waals surface area contributed by atoms with E-state index < -0.39 is 39.9 Å². The first-order chi connectivity index (χ1) is 13.6. The molecule has 0 saturated heterocycles. The van der Waals surface area contributed by atoms with Crippen LogP contribution in [0.3, 0.4) is 0 Å². The number of rotatable bonds is 7. The summed E-state index contributed by atoms with van der Waals surface area (Å²) in [6.07, 6.45) is -1.22. The quantitative estimate of drug-likeness (QED) is 0.661. The zero-order valence-corrected chi connectivity index (χ0v) is 16.4. The molecule has 0 heterocycles. The fourth-order valence-corrected chi connectivity index (χ4v) is 3.39. The van der Waals surface area contributed by atoms with Crippen molar-refractivity contribution in [2.45, 2.75) is 30.9 Å². The molecule has 1 amide bonds. The van der Waals surface area contributed by atoms with Crippen LogP contribution in [0.5, 0.6) is 0 Å². The summed E-state index contributed by atoms with van der Waals surface area (Å²) in [7, 11) is -4.08. The molecule has 152 valence electrons. The van der Waals surface area contributed by atoms with Gasteiger partial charge in [-0.3, -0.25) is 9.59 Å². The van der Waals surface area contributed by atoms with Crippen molar-refractivity contribution in [1.82, 2.24) is 4.72 Å². The van der Waals surface area contributed by atoms with Crippen molar-refractivity contribution in [3.63, 3.8) is 0 Å². The number of hydrogen-bond donors (Lipinski definition) is 2. The van der Waals surface area contributed by atoms with E-state index >= 15 is 0 Å². The molecular formula is C19H18FN3O5S. The number of anilines is 1. The summed E-state index contributed by atoms with van der Waals surface area (Å²) in [6, 6.07) is 10.9. The molecule has 0 saturated carbocycles. The molecule has 0 unspecified atom stereocenters. The molecule has 0 aliphatic carbocycles. The van der Waals surface area contributed by atoms with Gasteiger partial charge in [-0.15, -0.1) is 0 Å². The van der Waals surface area contributed by atoms with Crippen LogP contribution in [0.1, 0.15) is 19.4 Å². The van der Waals surface area contributed by atoms with Crippen LogP contribution in [-0.2, 0) is 24.3 Å². The van der Waals surface area contributed by atoms with Gasteiger partial charge >= 0.3 is 5.97 Å². The highest BCUT2D eigenvalue weighted by Crippen LogP contribution is 2.12. The summed E-state index contributed by atoms with van der Waals surface area (Å²) in [4.78, 5) is 24.1. The van der Waals surface area contributed by atoms with E-state index in [-0.39, 0.29) is 4.90 Å². The molecule has 2 aromatic rings. The lowest BCUT2D eigenvalue weighted by Gasteiger charge is -2.17. The van der Waals surface area contributed by atoms with Gasteiger partial charge in [0.15, 0.2) is 6.10 Å². The summed E-state index contributed by atoms with van der Waals surface area (Å²) in [6.45, 7) is 2.58. The molecule has 2 atom stereocenters. The van der Waals surface area contributed by atoms with E-state index in [1.54, 1.807) is 18.2 Å². The second-order valence-electron chi connectivity index (χ2n) is 6.06. The summed E-state index contributed by atoms with van der Waals surface area (Å²) in [5.41, 5.74) is 0.693. The molecule has 8 nitrogen and oxygen atoms in total. The van der Waals surface area contributed by atoms with Gasteiger partial charge in [-0.1, -0.05) is 6.07 Å². The lowest BCUT2D eigenvalue weighted by molar-refractivity contribution is -0.154. The first-order valence-corrected chi connectivity index (χ1v) is 9.90. The molecule has 0 aliphatic heterocycles. The van der Waals surface area contributed by atoms with Gasteiger partial charge < -0.3 is 10.1 Å². The third kappa shape index (κ3) is 6.10. The van der Waals surface area contributed by atoms with Gasteiger partial charge in [0, 0.05) is 5.69 Å². The number of sulfonamides is 1. The Morgan fingerprint density at radius 3 is 2.41 bits per heavy atom. The van der Waals surface area contributed by atoms with Gasteiger partial charge in [0.1, 0.15) is 11.9 Å². The number of hydrogen-bond acceptors (Lipinski definition) is 6. The minimum Gasteiger partial charge on any atom is -0.451 e. The van der Waals surface area contributed by atoms with Crippen LogP contribution in [0.4, 0.5) is 10.1 Å². The molecule has 0 radical (unpaired) electrons. The summed E-state index contributed by atoms with van der Waals surface area (Å²) < 4.78 is 44.5.